The molecule has 2 N–H and O–H groups in total. The van der Waals surface area contributed by atoms with Gasteiger partial charge >= 0.3 is 5.97 Å². The molecular weight excluding hydrogens is 421 g/mol. The van der Waals surface area contributed by atoms with E-state index >= 15 is 0 Å². The molecule has 0 spiro atoms. The minimum absolute atomic E-state index is 0.114. The van der Waals surface area contributed by atoms with E-state index in [1.165, 1.54) is 18.2 Å². The first kappa shape index (κ1) is 20.2. The number of carboxylic acids is 1. The van der Waals surface area contributed by atoms with Crippen LogP contribution in [-0.2, 0) is 21.2 Å². The molecule has 0 aliphatic rings. The van der Waals surface area contributed by atoms with Crippen molar-refractivity contribution < 1.29 is 18.3 Å². The topological polar surface area (TPSA) is 83.5 Å². The van der Waals surface area contributed by atoms with Crippen molar-refractivity contribution in [3.8, 4) is 11.1 Å². The van der Waals surface area contributed by atoms with E-state index in [1.54, 1.807) is 18.2 Å². The van der Waals surface area contributed by atoms with Gasteiger partial charge in [-0.1, -0.05) is 65.7 Å². The molecule has 8 heteroatoms. The summed E-state index contributed by atoms with van der Waals surface area (Å²) in [6, 6.07) is 18.3. The van der Waals surface area contributed by atoms with Gasteiger partial charge in [-0.2, -0.15) is 0 Å². The van der Waals surface area contributed by atoms with Crippen LogP contribution in [0.4, 0.5) is 5.69 Å². The number of carboxylic acid groups (broad SMARTS) is 1. The fraction of sp³-hybridized carbons (Fsp3) is 0.0500. The number of sulfonamides is 1. The minimum Gasteiger partial charge on any atom is -0.481 e. The first-order valence-corrected chi connectivity index (χ1v) is 10.4. The van der Waals surface area contributed by atoms with Gasteiger partial charge in [0.15, 0.2) is 0 Å². The Morgan fingerprint density at radius 1 is 0.893 bits per heavy atom. The third-order valence-electron chi connectivity index (χ3n) is 3.95. The molecule has 0 amide bonds. The average Bonchev–Trinajstić information content (AvgIpc) is 2.62. The Balaban J connectivity index is 2.06. The molecule has 0 unspecified atom stereocenters. The van der Waals surface area contributed by atoms with Gasteiger partial charge in [0.05, 0.1) is 17.0 Å². The van der Waals surface area contributed by atoms with Crippen LogP contribution in [0.3, 0.4) is 0 Å². The fourth-order valence-electron chi connectivity index (χ4n) is 2.69. The van der Waals surface area contributed by atoms with E-state index in [0.29, 0.717) is 5.56 Å². The first-order valence-electron chi connectivity index (χ1n) is 8.14. The fourth-order valence-corrected chi connectivity index (χ4v) is 4.50. The molecule has 3 rings (SSSR count). The zero-order valence-electron chi connectivity index (χ0n) is 14.4. The lowest BCUT2D eigenvalue weighted by molar-refractivity contribution is -0.136. The Hall–Kier alpha value is -2.54. The zero-order valence-corrected chi connectivity index (χ0v) is 16.7. The summed E-state index contributed by atoms with van der Waals surface area (Å²) in [6.07, 6.45) is -0.330. The lowest BCUT2D eigenvalue weighted by Crippen LogP contribution is -2.15. The smallest absolute Gasteiger partial charge is 0.307 e. The van der Waals surface area contributed by atoms with Crippen molar-refractivity contribution in [1.29, 1.82) is 0 Å². The number of hydrogen-bond donors (Lipinski definition) is 2. The first-order chi connectivity index (χ1) is 13.2. The average molecular weight is 436 g/mol. The highest BCUT2D eigenvalue weighted by atomic mass is 35.5. The molecule has 144 valence electrons. The third-order valence-corrected chi connectivity index (χ3v) is 5.73. The van der Waals surface area contributed by atoms with Crippen molar-refractivity contribution in [3.63, 3.8) is 0 Å². The van der Waals surface area contributed by atoms with Crippen LogP contribution >= 0.6 is 23.2 Å². The van der Waals surface area contributed by atoms with E-state index in [0.717, 1.165) is 11.1 Å². The lowest BCUT2D eigenvalue weighted by atomic mass is 10.0. The normalized spacial score (nSPS) is 11.2. The van der Waals surface area contributed by atoms with Gasteiger partial charge in [-0.3, -0.25) is 9.52 Å². The predicted molar refractivity (Wildman–Crippen MR) is 110 cm³/mol. The Morgan fingerprint density at radius 2 is 1.54 bits per heavy atom. The molecular formula is C20H15Cl2NO4S. The molecule has 0 bridgehead atoms. The summed E-state index contributed by atoms with van der Waals surface area (Å²) in [5.41, 5.74) is 2.14. The maximum atomic E-state index is 12.8. The van der Waals surface area contributed by atoms with Crippen LogP contribution in [0.15, 0.2) is 71.6 Å². The molecule has 0 saturated carbocycles. The van der Waals surface area contributed by atoms with Crippen LogP contribution in [0.25, 0.3) is 11.1 Å². The minimum atomic E-state index is -4.03. The molecule has 0 heterocycles. The van der Waals surface area contributed by atoms with Gasteiger partial charge in [0.1, 0.15) is 0 Å². The van der Waals surface area contributed by atoms with Gasteiger partial charge < -0.3 is 5.11 Å². The summed E-state index contributed by atoms with van der Waals surface area (Å²) < 4.78 is 28.1. The lowest BCUT2D eigenvalue weighted by Gasteiger charge is -2.14. The summed E-state index contributed by atoms with van der Waals surface area (Å²) in [5.74, 6) is -1.07. The maximum absolute atomic E-state index is 12.8. The van der Waals surface area contributed by atoms with Crippen LogP contribution in [0, 0.1) is 0 Å². The molecule has 3 aromatic rings. The maximum Gasteiger partial charge on any atom is 0.307 e. The molecule has 28 heavy (non-hydrogen) atoms. The second-order valence-corrected chi connectivity index (χ2v) is 8.57. The zero-order chi connectivity index (χ0) is 20.3. The largest absolute Gasteiger partial charge is 0.481 e. The molecule has 0 aromatic heterocycles. The molecule has 5 nitrogen and oxygen atoms in total. The number of benzene rings is 3. The van der Waals surface area contributed by atoms with E-state index in [2.05, 4.69) is 4.72 Å². The highest BCUT2D eigenvalue weighted by molar-refractivity contribution is 7.92. The summed E-state index contributed by atoms with van der Waals surface area (Å²) in [4.78, 5) is 11.1. The van der Waals surface area contributed by atoms with E-state index < -0.39 is 16.0 Å². The highest BCUT2D eigenvalue weighted by Crippen LogP contribution is 2.29. The Morgan fingerprint density at radius 3 is 2.14 bits per heavy atom. The number of halogens is 2. The monoisotopic (exact) mass is 435 g/mol. The second-order valence-electron chi connectivity index (χ2n) is 6.02. The molecule has 0 aliphatic heterocycles. The predicted octanol–water partition coefficient (Wildman–Crippen LogP) is 5.09. The van der Waals surface area contributed by atoms with Crippen molar-refractivity contribution in [2.24, 2.45) is 0 Å². The van der Waals surface area contributed by atoms with Crippen molar-refractivity contribution in [2.75, 3.05) is 4.72 Å². The van der Waals surface area contributed by atoms with Gasteiger partial charge in [-0.25, -0.2) is 8.42 Å². The molecule has 0 aliphatic carbocycles. The van der Waals surface area contributed by atoms with Gasteiger partial charge in [0, 0.05) is 10.0 Å². The highest BCUT2D eigenvalue weighted by Gasteiger charge is 2.19. The van der Waals surface area contributed by atoms with Gasteiger partial charge in [-0.05, 0) is 41.0 Å². The molecule has 3 aromatic carbocycles. The number of nitrogens with one attached hydrogen (secondary N) is 1. The standard InChI is InChI=1S/C20H15Cl2NO4S/c21-16-10-17(22)12-18(11-16)28(26,27)23-19-8-14(13-4-2-1-3-5-13)6-7-15(19)9-20(24)25/h1-8,10-12,23H,9H2,(H,24,25). The number of hydrogen-bond acceptors (Lipinski definition) is 3. The van der Waals surface area contributed by atoms with Crippen molar-refractivity contribution in [2.45, 2.75) is 11.3 Å². The van der Waals surface area contributed by atoms with Crippen LogP contribution in [0.2, 0.25) is 10.0 Å². The summed E-state index contributed by atoms with van der Waals surface area (Å²) in [6.45, 7) is 0. The second kappa shape index (κ2) is 8.22. The summed E-state index contributed by atoms with van der Waals surface area (Å²) in [7, 11) is -4.03. The van der Waals surface area contributed by atoms with Crippen molar-refractivity contribution in [3.05, 3.63) is 82.3 Å². The van der Waals surface area contributed by atoms with E-state index in [1.807, 2.05) is 30.3 Å². The van der Waals surface area contributed by atoms with Crippen LogP contribution < -0.4 is 4.72 Å². The molecule has 0 fully saturated rings. The number of carbonyl (C=O) groups is 1. The summed E-state index contributed by atoms with van der Waals surface area (Å²) >= 11 is 11.8. The molecule has 0 atom stereocenters. The van der Waals surface area contributed by atoms with Gasteiger partial charge in [0.25, 0.3) is 10.0 Å². The number of aliphatic carboxylic acids is 1. The van der Waals surface area contributed by atoms with Crippen molar-refractivity contribution in [1.82, 2.24) is 0 Å². The Bertz CT molecular complexity index is 1110. The summed E-state index contributed by atoms with van der Waals surface area (Å²) in [5, 5.41) is 9.51. The van der Waals surface area contributed by atoms with E-state index in [4.69, 9.17) is 28.3 Å². The number of anilines is 1. The van der Waals surface area contributed by atoms with Gasteiger partial charge in [-0.15, -0.1) is 0 Å². The third kappa shape index (κ3) is 4.84. The van der Waals surface area contributed by atoms with E-state index in [-0.39, 0.29) is 27.0 Å². The van der Waals surface area contributed by atoms with Crippen molar-refractivity contribution >= 4 is 44.9 Å². The van der Waals surface area contributed by atoms with Crippen LogP contribution in [-0.4, -0.2) is 19.5 Å². The quantitative estimate of drug-likeness (QED) is 0.564. The van der Waals surface area contributed by atoms with Crippen LogP contribution in [0.1, 0.15) is 5.56 Å². The van der Waals surface area contributed by atoms with E-state index in [9.17, 15) is 13.2 Å². The van der Waals surface area contributed by atoms with Gasteiger partial charge in [0.2, 0.25) is 0 Å². The number of rotatable bonds is 6. The molecule has 0 saturated heterocycles. The Kier molecular flexibility index (Phi) is 5.93. The SMILES string of the molecule is O=C(O)Cc1ccc(-c2ccccc2)cc1NS(=O)(=O)c1cc(Cl)cc(Cl)c1. The van der Waals surface area contributed by atoms with Crippen LogP contribution in [0.5, 0.6) is 0 Å². The molecule has 0 radical (unpaired) electrons. The Labute approximate surface area is 172 Å².